The number of nitrogens with zero attached hydrogens (tertiary/aromatic N) is 4. The van der Waals surface area contributed by atoms with Crippen LogP contribution in [0.1, 0.15) is 24.9 Å². The molecule has 8 heteroatoms. The summed E-state index contributed by atoms with van der Waals surface area (Å²) in [4.78, 5) is 4.22. The molecule has 0 atom stereocenters. The van der Waals surface area contributed by atoms with Gasteiger partial charge in [-0.3, -0.25) is 4.98 Å². The molecule has 0 unspecified atom stereocenters. The van der Waals surface area contributed by atoms with Crippen LogP contribution in [-0.2, 0) is 29.4 Å². The van der Waals surface area contributed by atoms with Crippen molar-refractivity contribution in [2.24, 2.45) is 5.14 Å². The highest BCUT2D eigenvalue weighted by Crippen LogP contribution is 2.10. The van der Waals surface area contributed by atoms with Crippen LogP contribution in [-0.4, -0.2) is 28.2 Å². The zero-order valence-corrected chi connectivity index (χ0v) is 12.0. The highest BCUT2D eigenvalue weighted by Gasteiger charge is 2.20. The molecule has 0 saturated carbocycles. The van der Waals surface area contributed by atoms with E-state index in [4.69, 9.17) is 5.14 Å². The molecule has 2 N–H and O–H groups in total. The molecule has 0 bridgehead atoms. The monoisotopic (exact) mass is 295 g/mol. The second-order valence-corrected chi connectivity index (χ2v) is 5.87. The van der Waals surface area contributed by atoms with Crippen molar-refractivity contribution >= 4 is 10.0 Å². The van der Waals surface area contributed by atoms with E-state index in [1.807, 2.05) is 25.1 Å². The lowest BCUT2D eigenvalue weighted by atomic mass is 10.2. The van der Waals surface area contributed by atoms with Crippen LogP contribution in [0.3, 0.4) is 0 Å². The zero-order chi connectivity index (χ0) is 14.6. The molecule has 0 aliphatic heterocycles. The zero-order valence-electron chi connectivity index (χ0n) is 11.2. The molecule has 0 spiro atoms. The van der Waals surface area contributed by atoms with E-state index in [0.717, 1.165) is 12.1 Å². The molecule has 108 valence electrons. The van der Waals surface area contributed by atoms with Crippen molar-refractivity contribution in [3.8, 4) is 0 Å². The van der Waals surface area contributed by atoms with Crippen LogP contribution in [0.2, 0.25) is 0 Å². The van der Waals surface area contributed by atoms with Crippen molar-refractivity contribution in [1.29, 1.82) is 0 Å². The van der Waals surface area contributed by atoms with Gasteiger partial charge in [0, 0.05) is 24.9 Å². The summed E-state index contributed by atoms with van der Waals surface area (Å²) in [6, 6.07) is 5.68. The molecule has 0 fully saturated rings. The second-order valence-electron chi connectivity index (χ2n) is 4.42. The van der Waals surface area contributed by atoms with Gasteiger partial charge in [0.15, 0.2) is 0 Å². The Hall–Kier alpha value is -1.80. The van der Waals surface area contributed by atoms with Gasteiger partial charge in [0.2, 0.25) is 0 Å². The molecule has 0 radical (unpaired) electrons. The molecule has 20 heavy (non-hydrogen) atoms. The topological polar surface area (TPSA) is 104 Å². The van der Waals surface area contributed by atoms with Gasteiger partial charge >= 0.3 is 0 Å². The Morgan fingerprint density at radius 1 is 1.25 bits per heavy atom. The largest absolute Gasteiger partial charge is 0.301 e. The van der Waals surface area contributed by atoms with E-state index in [2.05, 4.69) is 15.2 Å². The molecule has 0 aliphatic carbocycles. The van der Waals surface area contributed by atoms with Gasteiger partial charge in [0.1, 0.15) is 5.82 Å². The van der Waals surface area contributed by atoms with Gasteiger partial charge in [-0.1, -0.05) is 13.0 Å². The van der Waals surface area contributed by atoms with Crippen molar-refractivity contribution in [1.82, 2.24) is 19.7 Å². The summed E-state index contributed by atoms with van der Waals surface area (Å²) in [7, 11) is -3.84. The molecule has 0 amide bonds. The number of sulfonamides is 1. The fraction of sp³-hybridized carbons (Fsp3) is 0.417. The molecule has 0 aliphatic rings. The minimum Gasteiger partial charge on any atom is -0.301 e. The highest BCUT2D eigenvalue weighted by molar-refractivity contribution is 7.89. The van der Waals surface area contributed by atoms with Crippen molar-refractivity contribution < 1.29 is 8.42 Å². The normalized spacial score (nSPS) is 11.7. The first-order valence-electron chi connectivity index (χ1n) is 6.37. The van der Waals surface area contributed by atoms with E-state index >= 15 is 0 Å². The van der Waals surface area contributed by atoms with Crippen LogP contribution in [0, 0.1) is 0 Å². The lowest BCUT2D eigenvalue weighted by Crippen LogP contribution is -2.19. The maximum Gasteiger partial charge on any atom is 0.273 e. The molecular formula is C12H17N5O2S. The van der Waals surface area contributed by atoms with Crippen LogP contribution in [0.4, 0.5) is 0 Å². The summed E-state index contributed by atoms with van der Waals surface area (Å²) in [6.07, 6.45) is 3.74. The number of pyridine rings is 1. The number of rotatable bonds is 6. The standard InChI is InChI=1S/C12H17N5O2S/c1-2-9-17-11(15-16-12(17)20(13,18)19)7-6-10-5-3-4-8-14-10/h3-5,8H,2,6-7,9H2,1H3,(H2,13,18,19). The number of hydrogen-bond acceptors (Lipinski definition) is 5. The third kappa shape index (κ3) is 3.40. The summed E-state index contributed by atoms with van der Waals surface area (Å²) in [5.74, 6) is 0.613. The lowest BCUT2D eigenvalue weighted by Gasteiger charge is -2.07. The predicted octanol–water partition coefficient (Wildman–Crippen LogP) is 0.516. The quantitative estimate of drug-likeness (QED) is 0.836. The van der Waals surface area contributed by atoms with Crippen LogP contribution in [0.5, 0.6) is 0 Å². The molecular weight excluding hydrogens is 278 g/mol. The average molecular weight is 295 g/mol. The Kier molecular flexibility index (Phi) is 4.46. The van der Waals surface area contributed by atoms with Crippen molar-refractivity contribution in [3.05, 3.63) is 35.9 Å². The summed E-state index contributed by atoms with van der Waals surface area (Å²) in [5, 5.41) is 12.6. The molecule has 0 saturated heterocycles. The number of aromatic nitrogens is 4. The third-order valence-electron chi connectivity index (χ3n) is 2.83. The average Bonchev–Trinajstić information content (AvgIpc) is 2.81. The van der Waals surface area contributed by atoms with Gasteiger partial charge in [-0.2, -0.15) is 0 Å². The first-order chi connectivity index (χ1) is 9.52. The Morgan fingerprint density at radius 2 is 2.05 bits per heavy atom. The Balaban J connectivity index is 2.22. The number of aryl methyl sites for hydroxylation is 2. The molecule has 0 aromatic carbocycles. The second kappa shape index (κ2) is 6.10. The van der Waals surface area contributed by atoms with E-state index in [0.29, 0.717) is 25.2 Å². The molecule has 7 nitrogen and oxygen atoms in total. The Labute approximate surface area is 117 Å². The summed E-state index contributed by atoms with van der Waals surface area (Å²) in [6.45, 7) is 2.48. The minimum atomic E-state index is -3.84. The van der Waals surface area contributed by atoms with Crippen molar-refractivity contribution in [2.45, 2.75) is 37.9 Å². The van der Waals surface area contributed by atoms with E-state index in [1.54, 1.807) is 10.8 Å². The Bertz CT molecular complexity index is 666. The Morgan fingerprint density at radius 3 is 2.65 bits per heavy atom. The van der Waals surface area contributed by atoms with Gasteiger partial charge in [0.25, 0.3) is 15.2 Å². The van der Waals surface area contributed by atoms with Crippen LogP contribution < -0.4 is 5.14 Å². The maximum absolute atomic E-state index is 11.5. The fourth-order valence-corrected chi connectivity index (χ4v) is 2.61. The summed E-state index contributed by atoms with van der Waals surface area (Å²) in [5.41, 5.74) is 0.927. The van der Waals surface area contributed by atoms with Gasteiger partial charge in [0.05, 0.1) is 0 Å². The van der Waals surface area contributed by atoms with Gasteiger partial charge in [-0.25, -0.2) is 13.6 Å². The van der Waals surface area contributed by atoms with E-state index in [-0.39, 0.29) is 5.16 Å². The first kappa shape index (κ1) is 14.6. The third-order valence-corrected chi connectivity index (χ3v) is 3.64. The highest BCUT2D eigenvalue weighted by atomic mass is 32.2. The van der Waals surface area contributed by atoms with Crippen LogP contribution >= 0.6 is 0 Å². The van der Waals surface area contributed by atoms with Crippen molar-refractivity contribution in [3.63, 3.8) is 0 Å². The van der Waals surface area contributed by atoms with E-state index in [9.17, 15) is 8.42 Å². The number of primary sulfonamides is 1. The number of hydrogen-bond donors (Lipinski definition) is 1. The van der Waals surface area contributed by atoms with Crippen molar-refractivity contribution in [2.75, 3.05) is 0 Å². The summed E-state index contributed by atoms with van der Waals surface area (Å²) < 4.78 is 24.5. The fourth-order valence-electron chi connectivity index (χ4n) is 1.95. The van der Waals surface area contributed by atoms with Gasteiger partial charge in [-0.15, -0.1) is 10.2 Å². The lowest BCUT2D eigenvalue weighted by molar-refractivity contribution is 0.546. The molecule has 2 aromatic heterocycles. The van der Waals surface area contributed by atoms with E-state index in [1.165, 1.54) is 0 Å². The van der Waals surface area contributed by atoms with Gasteiger partial charge < -0.3 is 4.57 Å². The first-order valence-corrected chi connectivity index (χ1v) is 7.91. The van der Waals surface area contributed by atoms with Crippen LogP contribution in [0.15, 0.2) is 29.6 Å². The van der Waals surface area contributed by atoms with Crippen LogP contribution in [0.25, 0.3) is 0 Å². The molecule has 2 rings (SSSR count). The smallest absolute Gasteiger partial charge is 0.273 e. The molecule has 2 aromatic rings. The minimum absolute atomic E-state index is 0.171. The van der Waals surface area contributed by atoms with Gasteiger partial charge in [-0.05, 0) is 25.0 Å². The molecule has 2 heterocycles. The summed E-state index contributed by atoms with van der Waals surface area (Å²) >= 11 is 0. The van der Waals surface area contributed by atoms with E-state index < -0.39 is 10.0 Å². The SMILES string of the molecule is CCCn1c(CCc2ccccn2)nnc1S(N)(=O)=O. The predicted molar refractivity (Wildman–Crippen MR) is 73.3 cm³/mol. The maximum atomic E-state index is 11.5. The number of nitrogens with two attached hydrogens (primary N) is 1.